The van der Waals surface area contributed by atoms with Crippen LogP contribution in [-0.2, 0) is 10.3 Å². The zero-order chi connectivity index (χ0) is 20.0. The molecule has 148 valence electrons. The molecule has 1 spiro atoms. The van der Waals surface area contributed by atoms with Gasteiger partial charge in [-0.2, -0.15) is 13.2 Å². The van der Waals surface area contributed by atoms with Gasteiger partial charge in [-0.1, -0.05) is 38.0 Å². The van der Waals surface area contributed by atoms with Gasteiger partial charge >= 0.3 is 6.18 Å². The Balaban J connectivity index is 2.15. The van der Waals surface area contributed by atoms with Crippen molar-refractivity contribution in [2.45, 2.75) is 43.9 Å². The van der Waals surface area contributed by atoms with Crippen molar-refractivity contribution in [2.75, 3.05) is 25.0 Å². The first-order valence-corrected chi connectivity index (χ1v) is 9.00. The van der Waals surface area contributed by atoms with Crippen molar-refractivity contribution in [1.29, 1.82) is 0 Å². The number of hydrogen-bond acceptors (Lipinski definition) is 4. The lowest BCUT2D eigenvalue weighted by Gasteiger charge is -2.32. The Hall–Kier alpha value is -2.16. The van der Waals surface area contributed by atoms with E-state index < -0.39 is 41.1 Å². The number of nitro groups is 1. The number of hydrogen-bond donors (Lipinski definition) is 0. The van der Waals surface area contributed by atoms with Crippen LogP contribution in [0.2, 0.25) is 0 Å². The smallest absolute Gasteiger partial charge is 0.310 e. The number of nitrogens with zero attached hydrogens (tertiary/aromatic N) is 3. The molecule has 3 rings (SSSR count). The molecule has 9 heteroatoms. The molecule has 3 atom stereocenters. The summed E-state index contributed by atoms with van der Waals surface area (Å²) in [5.41, 5.74) is -1.16. The number of halogens is 3. The summed E-state index contributed by atoms with van der Waals surface area (Å²) in [4.78, 5) is 26.9. The van der Waals surface area contributed by atoms with Crippen molar-refractivity contribution in [3.63, 3.8) is 0 Å². The van der Waals surface area contributed by atoms with E-state index in [0.717, 1.165) is 12.8 Å². The molecule has 0 aromatic heterocycles. The van der Waals surface area contributed by atoms with E-state index in [-0.39, 0.29) is 0 Å². The van der Waals surface area contributed by atoms with E-state index in [1.54, 1.807) is 24.3 Å². The van der Waals surface area contributed by atoms with Gasteiger partial charge in [0.05, 0.1) is 0 Å². The average molecular weight is 385 g/mol. The van der Waals surface area contributed by atoms with Crippen LogP contribution in [0.3, 0.4) is 0 Å². The maximum atomic E-state index is 13.6. The highest BCUT2D eigenvalue weighted by atomic mass is 19.4. The van der Waals surface area contributed by atoms with Gasteiger partial charge in [0.1, 0.15) is 5.92 Å². The van der Waals surface area contributed by atoms with E-state index in [0.29, 0.717) is 24.2 Å². The monoisotopic (exact) mass is 385 g/mol. The summed E-state index contributed by atoms with van der Waals surface area (Å²) in [6.07, 6.45) is -2.30. The zero-order valence-electron chi connectivity index (χ0n) is 15.2. The number of benzene rings is 1. The Morgan fingerprint density at radius 2 is 1.96 bits per heavy atom. The highest BCUT2D eigenvalue weighted by Crippen LogP contribution is 2.54. The topological polar surface area (TPSA) is 66.7 Å². The molecule has 0 unspecified atom stereocenters. The third-order valence-electron chi connectivity index (χ3n) is 5.69. The predicted octanol–water partition coefficient (Wildman–Crippen LogP) is 3.19. The van der Waals surface area contributed by atoms with Crippen molar-refractivity contribution in [2.24, 2.45) is 5.92 Å². The van der Waals surface area contributed by atoms with E-state index in [1.165, 1.54) is 16.8 Å². The summed E-state index contributed by atoms with van der Waals surface area (Å²) < 4.78 is 40.7. The average Bonchev–Trinajstić information content (AvgIpc) is 3.04. The summed E-state index contributed by atoms with van der Waals surface area (Å²) >= 11 is 0. The molecule has 0 aliphatic carbocycles. The molecular formula is C18H22F3N3O3. The highest BCUT2D eigenvalue weighted by molar-refractivity contribution is 6.08. The van der Waals surface area contributed by atoms with E-state index in [9.17, 15) is 28.1 Å². The molecule has 1 saturated heterocycles. The van der Waals surface area contributed by atoms with E-state index >= 15 is 0 Å². The van der Waals surface area contributed by atoms with Gasteiger partial charge in [-0.05, 0) is 19.5 Å². The Bertz CT molecular complexity index is 755. The van der Waals surface area contributed by atoms with Crippen LogP contribution in [-0.4, -0.2) is 48.1 Å². The number of anilines is 1. The van der Waals surface area contributed by atoms with Crippen LogP contribution in [0.1, 0.15) is 31.7 Å². The number of likely N-dealkylation sites (tertiary alicyclic amines) is 1. The SMILES string of the molecule is CCCCCN1C(=O)[C@]2(c3ccccc31)[C@@H]([N+](=O)[O-])[C@H](C(F)(F)F)CN2C. The third-order valence-corrected chi connectivity index (χ3v) is 5.69. The summed E-state index contributed by atoms with van der Waals surface area (Å²) in [5, 5.41) is 11.8. The van der Waals surface area contributed by atoms with Crippen LogP contribution in [0.15, 0.2) is 24.3 Å². The molecule has 1 aromatic carbocycles. The minimum absolute atomic E-state index is 0.294. The van der Waals surface area contributed by atoms with E-state index in [1.807, 2.05) is 6.92 Å². The van der Waals surface area contributed by atoms with Gasteiger partial charge in [-0.25, -0.2) is 0 Å². The number of carbonyl (C=O) groups excluding carboxylic acids is 1. The number of para-hydroxylation sites is 1. The minimum Gasteiger partial charge on any atom is -0.310 e. The van der Waals surface area contributed by atoms with Gasteiger partial charge in [-0.15, -0.1) is 0 Å². The van der Waals surface area contributed by atoms with Crippen molar-refractivity contribution in [3.05, 3.63) is 39.9 Å². The van der Waals surface area contributed by atoms with Crippen molar-refractivity contribution >= 4 is 11.6 Å². The molecule has 0 radical (unpaired) electrons. The maximum absolute atomic E-state index is 13.6. The molecule has 27 heavy (non-hydrogen) atoms. The van der Waals surface area contributed by atoms with Gasteiger partial charge in [0, 0.05) is 29.3 Å². The van der Waals surface area contributed by atoms with Crippen molar-refractivity contribution in [1.82, 2.24) is 4.90 Å². The molecule has 0 saturated carbocycles. The lowest BCUT2D eigenvalue weighted by molar-refractivity contribution is -0.546. The molecule has 2 aliphatic heterocycles. The van der Waals surface area contributed by atoms with Crippen LogP contribution in [0.25, 0.3) is 0 Å². The summed E-state index contributed by atoms with van der Waals surface area (Å²) in [6, 6.07) is 4.41. The fourth-order valence-electron chi connectivity index (χ4n) is 4.50. The fraction of sp³-hybridized carbons (Fsp3) is 0.611. The Morgan fingerprint density at radius 3 is 2.56 bits per heavy atom. The van der Waals surface area contributed by atoms with Crippen LogP contribution in [0.4, 0.5) is 18.9 Å². The molecule has 0 N–H and O–H groups in total. The molecule has 2 heterocycles. The van der Waals surface area contributed by atoms with Crippen molar-refractivity contribution in [3.8, 4) is 0 Å². The van der Waals surface area contributed by atoms with Crippen LogP contribution in [0, 0.1) is 16.0 Å². The molecule has 1 aromatic rings. The van der Waals surface area contributed by atoms with E-state index in [4.69, 9.17) is 0 Å². The lowest BCUT2D eigenvalue weighted by atomic mass is 9.81. The lowest BCUT2D eigenvalue weighted by Crippen LogP contribution is -2.57. The Labute approximate surface area is 155 Å². The molecule has 0 bridgehead atoms. The normalized spacial score (nSPS) is 28.2. The number of rotatable bonds is 5. The maximum Gasteiger partial charge on any atom is 0.399 e. The quantitative estimate of drug-likeness (QED) is 0.444. The van der Waals surface area contributed by atoms with Gasteiger partial charge in [0.25, 0.3) is 11.9 Å². The largest absolute Gasteiger partial charge is 0.399 e. The number of likely N-dealkylation sites (N-methyl/N-ethyl adjacent to an activating group) is 1. The summed E-state index contributed by atoms with van der Waals surface area (Å²) in [5.74, 6) is -2.83. The Kier molecular flexibility index (Phi) is 4.92. The predicted molar refractivity (Wildman–Crippen MR) is 93.0 cm³/mol. The van der Waals surface area contributed by atoms with E-state index in [2.05, 4.69) is 0 Å². The van der Waals surface area contributed by atoms with Crippen LogP contribution < -0.4 is 4.90 Å². The number of carbonyl (C=O) groups is 1. The first kappa shape index (κ1) is 19.6. The van der Waals surface area contributed by atoms with Crippen molar-refractivity contribution < 1.29 is 22.9 Å². The second-order valence-corrected chi connectivity index (χ2v) is 7.21. The van der Waals surface area contributed by atoms with Crippen LogP contribution in [0.5, 0.6) is 0 Å². The molecule has 6 nitrogen and oxygen atoms in total. The summed E-state index contributed by atoms with van der Waals surface area (Å²) in [7, 11) is 1.37. The van der Waals surface area contributed by atoms with Crippen LogP contribution >= 0.6 is 0 Å². The van der Waals surface area contributed by atoms with Gasteiger partial charge in [0.15, 0.2) is 5.54 Å². The minimum atomic E-state index is -4.76. The molecular weight excluding hydrogens is 363 g/mol. The fourth-order valence-corrected chi connectivity index (χ4v) is 4.50. The van der Waals surface area contributed by atoms with Gasteiger partial charge in [0.2, 0.25) is 0 Å². The highest BCUT2D eigenvalue weighted by Gasteiger charge is 2.74. The molecule has 1 fully saturated rings. The number of fused-ring (bicyclic) bond motifs is 2. The number of unbranched alkanes of at least 4 members (excludes halogenated alkanes) is 2. The number of alkyl halides is 3. The van der Waals surface area contributed by atoms with Gasteiger partial charge in [-0.3, -0.25) is 19.8 Å². The standard InChI is InChI=1S/C18H22F3N3O3/c1-3-4-7-10-23-14-9-6-5-8-12(14)17(16(23)25)15(24(26)27)13(11-22(17)2)18(19,20)21/h5-6,8-9,13,15H,3-4,7,10-11H2,1-2H3/t13-,15+,17+/m1/s1. The third kappa shape index (κ3) is 2.79. The zero-order valence-corrected chi connectivity index (χ0v) is 15.2. The molecule has 1 amide bonds. The molecule has 2 aliphatic rings. The second kappa shape index (κ2) is 6.78. The number of amides is 1. The summed E-state index contributed by atoms with van der Waals surface area (Å²) in [6.45, 7) is 1.75. The first-order valence-electron chi connectivity index (χ1n) is 9.00. The second-order valence-electron chi connectivity index (χ2n) is 7.21. The van der Waals surface area contributed by atoms with Gasteiger partial charge < -0.3 is 4.90 Å². The first-order chi connectivity index (χ1) is 12.7. The Morgan fingerprint density at radius 1 is 1.30 bits per heavy atom.